The Labute approximate surface area is 160 Å². The molecular formula is C19H29N5O3. The van der Waals surface area contributed by atoms with Gasteiger partial charge in [-0.05, 0) is 37.9 Å². The summed E-state index contributed by atoms with van der Waals surface area (Å²) >= 11 is 0. The molecule has 1 aromatic rings. The van der Waals surface area contributed by atoms with E-state index < -0.39 is 12.1 Å². The number of carbonyl (C=O) groups is 3. The van der Waals surface area contributed by atoms with Crippen molar-refractivity contribution in [2.75, 3.05) is 18.5 Å². The van der Waals surface area contributed by atoms with Gasteiger partial charge in [-0.15, -0.1) is 0 Å². The first-order chi connectivity index (χ1) is 12.8. The number of amides is 3. The number of carbonyl (C=O) groups excluding carboxylic acids is 3. The van der Waals surface area contributed by atoms with Crippen molar-refractivity contribution in [1.82, 2.24) is 20.9 Å². The smallest absolute Gasteiger partial charge is 0.251 e. The van der Waals surface area contributed by atoms with Crippen molar-refractivity contribution in [1.29, 1.82) is 0 Å². The van der Waals surface area contributed by atoms with Crippen LogP contribution in [0.1, 0.15) is 33.3 Å². The Balaban J connectivity index is 2.29. The minimum Gasteiger partial charge on any atom is -0.354 e. The summed E-state index contributed by atoms with van der Waals surface area (Å²) in [7, 11) is 1.69. The third-order valence-corrected chi connectivity index (χ3v) is 4.80. The number of pyridine rings is 1. The van der Waals surface area contributed by atoms with Crippen molar-refractivity contribution < 1.29 is 14.4 Å². The highest BCUT2D eigenvalue weighted by atomic mass is 16.2. The van der Waals surface area contributed by atoms with Gasteiger partial charge in [0.05, 0.1) is 12.1 Å². The van der Waals surface area contributed by atoms with Crippen LogP contribution in [0.3, 0.4) is 0 Å². The molecule has 0 aliphatic carbocycles. The van der Waals surface area contributed by atoms with E-state index in [4.69, 9.17) is 0 Å². The average molecular weight is 375 g/mol. The number of aromatic nitrogens is 1. The lowest BCUT2D eigenvalue weighted by atomic mass is 10.0. The molecule has 2 unspecified atom stereocenters. The highest BCUT2D eigenvalue weighted by molar-refractivity contribution is 6.01. The van der Waals surface area contributed by atoms with E-state index in [2.05, 4.69) is 20.9 Å². The maximum atomic E-state index is 13.4. The lowest BCUT2D eigenvalue weighted by Gasteiger charge is -2.31. The topological polar surface area (TPSA) is 103 Å². The third kappa shape index (κ3) is 4.82. The fourth-order valence-corrected chi connectivity index (χ4v) is 3.11. The first-order valence-electron chi connectivity index (χ1n) is 9.25. The van der Waals surface area contributed by atoms with Gasteiger partial charge in [-0.3, -0.25) is 19.3 Å². The first kappa shape index (κ1) is 20.8. The van der Waals surface area contributed by atoms with Gasteiger partial charge in [0.25, 0.3) is 5.91 Å². The molecule has 3 atom stereocenters. The Kier molecular flexibility index (Phi) is 6.90. The molecule has 3 amide bonds. The Bertz CT molecular complexity index is 706. The Morgan fingerprint density at radius 2 is 2.00 bits per heavy atom. The van der Waals surface area contributed by atoms with Gasteiger partial charge in [0.1, 0.15) is 11.9 Å². The van der Waals surface area contributed by atoms with Crippen LogP contribution in [-0.2, 0) is 20.8 Å². The molecule has 1 aromatic heterocycles. The van der Waals surface area contributed by atoms with Crippen molar-refractivity contribution in [3.8, 4) is 0 Å². The summed E-state index contributed by atoms with van der Waals surface area (Å²) in [6, 6.07) is 2.45. The fourth-order valence-electron chi connectivity index (χ4n) is 3.11. The van der Waals surface area contributed by atoms with Gasteiger partial charge < -0.3 is 16.0 Å². The normalized spacial score (nSPS) is 18.0. The quantitative estimate of drug-likeness (QED) is 0.633. The molecule has 27 heavy (non-hydrogen) atoms. The highest BCUT2D eigenvalue weighted by Crippen LogP contribution is 2.31. The molecule has 1 aliphatic heterocycles. The van der Waals surface area contributed by atoms with Gasteiger partial charge in [-0.2, -0.15) is 0 Å². The summed E-state index contributed by atoms with van der Waals surface area (Å²) in [6.07, 6.45) is 2.26. The largest absolute Gasteiger partial charge is 0.354 e. The lowest BCUT2D eigenvalue weighted by Crippen LogP contribution is -2.57. The van der Waals surface area contributed by atoms with Crippen LogP contribution in [0.25, 0.3) is 0 Å². The number of fused-ring (bicyclic) bond motifs is 1. The van der Waals surface area contributed by atoms with E-state index in [-0.39, 0.29) is 29.7 Å². The lowest BCUT2D eigenvalue weighted by molar-refractivity contribution is -0.129. The molecule has 0 radical (unpaired) electrons. The van der Waals surface area contributed by atoms with Gasteiger partial charge in [0.15, 0.2) is 0 Å². The highest BCUT2D eigenvalue weighted by Gasteiger charge is 2.39. The maximum Gasteiger partial charge on any atom is 0.251 e. The van der Waals surface area contributed by atoms with Crippen LogP contribution in [-0.4, -0.2) is 54.4 Å². The Morgan fingerprint density at radius 3 is 2.59 bits per heavy atom. The van der Waals surface area contributed by atoms with Crippen molar-refractivity contribution in [2.24, 2.45) is 5.92 Å². The van der Waals surface area contributed by atoms with Gasteiger partial charge in [0, 0.05) is 19.7 Å². The van der Waals surface area contributed by atoms with Crippen LogP contribution in [0.15, 0.2) is 18.3 Å². The Morgan fingerprint density at radius 1 is 1.30 bits per heavy atom. The van der Waals surface area contributed by atoms with E-state index in [1.54, 1.807) is 25.1 Å². The summed E-state index contributed by atoms with van der Waals surface area (Å²) in [6.45, 7) is 7.31. The monoisotopic (exact) mass is 375 g/mol. The predicted octanol–water partition coefficient (Wildman–Crippen LogP) is 0.224. The average Bonchev–Trinajstić information content (AvgIpc) is 3.01. The SMILES string of the molecule is CNC(C)C(=O)N[C@H](C(=O)N1c2ncccc2CC1CNC(C)=O)C(C)C. The second kappa shape index (κ2) is 8.94. The zero-order valence-electron chi connectivity index (χ0n) is 16.6. The van der Waals surface area contributed by atoms with E-state index >= 15 is 0 Å². The van der Waals surface area contributed by atoms with Crippen molar-refractivity contribution in [3.05, 3.63) is 23.9 Å². The molecule has 0 spiro atoms. The van der Waals surface area contributed by atoms with Crippen LogP contribution < -0.4 is 20.9 Å². The van der Waals surface area contributed by atoms with E-state index in [9.17, 15) is 14.4 Å². The molecule has 0 fully saturated rings. The van der Waals surface area contributed by atoms with E-state index in [1.165, 1.54) is 6.92 Å². The molecule has 2 heterocycles. The van der Waals surface area contributed by atoms with Crippen molar-refractivity contribution in [2.45, 2.75) is 52.2 Å². The zero-order valence-corrected chi connectivity index (χ0v) is 16.6. The number of rotatable bonds is 7. The second-order valence-corrected chi connectivity index (χ2v) is 7.23. The second-order valence-electron chi connectivity index (χ2n) is 7.23. The van der Waals surface area contributed by atoms with Crippen molar-refractivity contribution in [3.63, 3.8) is 0 Å². The number of likely N-dealkylation sites (N-methyl/N-ethyl adjacent to an activating group) is 1. The third-order valence-electron chi connectivity index (χ3n) is 4.80. The van der Waals surface area contributed by atoms with E-state index in [0.29, 0.717) is 18.8 Å². The van der Waals surface area contributed by atoms with Gasteiger partial charge in [-0.25, -0.2) is 4.98 Å². The van der Waals surface area contributed by atoms with Crippen molar-refractivity contribution >= 4 is 23.5 Å². The van der Waals surface area contributed by atoms with Gasteiger partial charge in [-0.1, -0.05) is 19.9 Å². The first-order valence-corrected chi connectivity index (χ1v) is 9.25. The Hall–Kier alpha value is -2.48. The number of nitrogens with one attached hydrogen (secondary N) is 3. The van der Waals surface area contributed by atoms with Crippen LogP contribution >= 0.6 is 0 Å². The van der Waals surface area contributed by atoms with Gasteiger partial charge in [0.2, 0.25) is 11.8 Å². The number of hydrogen-bond acceptors (Lipinski definition) is 5. The number of anilines is 1. The molecule has 8 heteroatoms. The van der Waals surface area contributed by atoms with E-state index in [1.807, 2.05) is 26.0 Å². The summed E-state index contributed by atoms with van der Waals surface area (Å²) < 4.78 is 0. The molecule has 1 aliphatic rings. The standard InChI is InChI=1S/C19H29N5O3/c1-11(2)16(23-18(26)12(3)20-5)19(27)24-15(10-22-13(4)25)9-14-7-6-8-21-17(14)24/h6-8,11-12,15-16,20H,9-10H2,1-5H3,(H,22,25)(H,23,26)/t12?,15?,16-/m0/s1. The predicted molar refractivity (Wildman–Crippen MR) is 103 cm³/mol. The summed E-state index contributed by atoms with van der Waals surface area (Å²) in [5.74, 6) is -0.0974. The molecule has 2 rings (SSSR count). The molecule has 3 N–H and O–H groups in total. The van der Waals surface area contributed by atoms with Gasteiger partial charge >= 0.3 is 0 Å². The fraction of sp³-hybridized carbons (Fsp3) is 0.579. The molecule has 0 saturated carbocycles. The van der Waals surface area contributed by atoms with E-state index in [0.717, 1.165) is 5.56 Å². The maximum absolute atomic E-state index is 13.4. The van der Waals surface area contributed by atoms with Crippen LogP contribution in [0.2, 0.25) is 0 Å². The molecule has 8 nitrogen and oxygen atoms in total. The summed E-state index contributed by atoms with van der Waals surface area (Å²) in [5, 5.41) is 8.52. The minimum atomic E-state index is -0.680. The van der Waals surface area contributed by atoms with Crippen LogP contribution in [0.5, 0.6) is 0 Å². The molecule has 0 bridgehead atoms. The molecule has 148 valence electrons. The number of nitrogens with zero attached hydrogens (tertiary/aromatic N) is 2. The molecule has 0 saturated heterocycles. The van der Waals surface area contributed by atoms with Crippen LogP contribution in [0.4, 0.5) is 5.82 Å². The molecule has 0 aromatic carbocycles. The zero-order chi connectivity index (χ0) is 20.1. The molecular weight excluding hydrogens is 346 g/mol. The van der Waals surface area contributed by atoms with Crippen LogP contribution in [0, 0.1) is 5.92 Å². The minimum absolute atomic E-state index is 0.0975. The summed E-state index contributed by atoms with van der Waals surface area (Å²) in [4.78, 5) is 43.1. The number of hydrogen-bond donors (Lipinski definition) is 3. The summed E-state index contributed by atoms with van der Waals surface area (Å²) in [5.41, 5.74) is 0.957.